The maximum Gasteiger partial charge on any atom is 0.0732 e. The zero-order valence-corrected chi connectivity index (χ0v) is 11.2. The fourth-order valence-electron chi connectivity index (χ4n) is 4.07. The van der Waals surface area contributed by atoms with E-state index in [2.05, 4.69) is 33.8 Å². The smallest absolute Gasteiger partial charge is 0.0732 e. The molecule has 0 bridgehead atoms. The average Bonchev–Trinajstić information content (AvgIpc) is 2.49. The van der Waals surface area contributed by atoms with E-state index in [9.17, 15) is 5.11 Å². The SMILES string of the molecule is CC1=CCC2(CC1)C(C)CCC2(O)C(C)C. The van der Waals surface area contributed by atoms with Gasteiger partial charge in [-0.3, -0.25) is 0 Å². The predicted octanol–water partition coefficient (Wildman–Crippen LogP) is 3.92. The molecule has 0 saturated heterocycles. The van der Waals surface area contributed by atoms with Gasteiger partial charge in [0.15, 0.2) is 0 Å². The molecule has 92 valence electrons. The standard InChI is InChI=1S/C15H26O/c1-11(2)15(16)10-7-13(4)14(15)8-5-12(3)6-9-14/h5,11,13,16H,6-10H2,1-4H3. The highest BCUT2D eigenvalue weighted by atomic mass is 16.3. The van der Waals surface area contributed by atoms with Crippen LogP contribution in [0.3, 0.4) is 0 Å². The van der Waals surface area contributed by atoms with Crippen molar-refractivity contribution in [3.63, 3.8) is 0 Å². The van der Waals surface area contributed by atoms with Crippen molar-refractivity contribution in [2.24, 2.45) is 17.3 Å². The van der Waals surface area contributed by atoms with Crippen LogP contribution in [0.4, 0.5) is 0 Å². The highest BCUT2D eigenvalue weighted by Gasteiger charge is 2.58. The molecule has 3 atom stereocenters. The Morgan fingerprint density at radius 1 is 1.38 bits per heavy atom. The lowest BCUT2D eigenvalue weighted by molar-refractivity contribution is -0.115. The summed E-state index contributed by atoms with van der Waals surface area (Å²) in [4.78, 5) is 0. The van der Waals surface area contributed by atoms with Crippen molar-refractivity contribution in [2.75, 3.05) is 0 Å². The molecule has 1 fully saturated rings. The van der Waals surface area contributed by atoms with E-state index >= 15 is 0 Å². The van der Waals surface area contributed by atoms with E-state index in [1.54, 1.807) is 0 Å². The average molecular weight is 222 g/mol. The molecule has 3 unspecified atom stereocenters. The Kier molecular flexibility index (Phi) is 2.94. The van der Waals surface area contributed by atoms with Crippen LogP contribution in [-0.4, -0.2) is 10.7 Å². The second kappa shape index (κ2) is 3.87. The van der Waals surface area contributed by atoms with E-state index in [0.29, 0.717) is 11.8 Å². The van der Waals surface area contributed by atoms with Gasteiger partial charge in [0, 0.05) is 5.41 Å². The summed E-state index contributed by atoms with van der Waals surface area (Å²) in [5.41, 5.74) is 1.25. The van der Waals surface area contributed by atoms with Gasteiger partial charge in [0.1, 0.15) is 0 Å². The van der Waals surface area contributed by atoms with Gasteiger partial charge in [-0.2, -0.15) is 0 Å². The van der Waals surface area contributed by atoms with Crippen LogP contribution in [0.5, 0.6) is 0 Å². The third-order valence-electron chi connectivity index (χ3n) is 5.50. The Labute approximate surface area is 99.9 Å². The first kappa shape index (κ1) is 12.2. The summed E-state index contributed by atoms with van der Waals surface area (Å²) in [5, 5.41) is 11.1. The Morgan fingerprint density at radius 3 is 2.56 bits per heavy atom. The monoisotopic (exact) mass is 222 g/mol. The van der Waals surface area contributed by atoms with Crippen LogP contribution in [0.1, 0.15) is 59.8 Å². The minimum atomic E-state index is -0.427. The Morgan fingerprint density at radius 2 is 2.06 bits per heavy atom. The summed E-state index contributed by atoms with van der Waals surface area (Å²) in [6.07, 6.45) is 8.03. The lowest BCUT2D eigenvalue weighted by Gasteiger charge is -2.49. The van der Waals surface area contributed by atoms with Gasteiger partial charge in [0.2, 0.25) is 0 Å². The lowest BCUT2D eigenvalue weighted by Crippen LogP contribution is -2.51. The van der Waals surface area contributed by atoms with E-state index in [4.69, 9.17) is 0 Å². The second-order valence-electron chi connectivity index (χ2n) is 6.43. The number of rotatable bonds is 1. The van der Waals surface area contributed by atoms with Crippen LogP contribution in [-0.2, 0) is 0 Å². The first-order valence-electron chi connectivity index (χ1n) is 6.80. The summed E-state index contributed by atoms with van der Waals surface area (Å²) in [6, 6.07) is 0. The molecule has 1 spiro atoms. The molecule has 0 aromatic carbocycles. The number of aliphatic hydroxyl groups is 1. The van der Waals surface area contributed by atoms with Crippen LogP contribution in [0.2, 0.25) is 0 Å². The topological polar surface area (TPSA) is 20.2 Å². The molecule has 2 rings (SSSR count). The van der Waals surface area contributed by atoms with E-state index in [-0.39, 0.29) is 5.41 Å². The third-order valence-corrected chi connectivity index (χ3v) is 5.50. The van der Waals surface area contributed by atoms with Gasteiger partial charge in [-0.1, -0.05) is 32.4 Å². The van der Waals surface area contributed by atoms with Gasteiger partial charge in [-0.15, -0.1) is 0 Å². The van der Waals surface area contributed by atoms with Gasteiger partial charge >= 0.3 is 0 Å². The van der Waals surface area contributed by atoms with Gasteiger partial charge in [0.25, 0.3) is 0 Å². The first-order chi connectivity index (χ1) is 7.42. The minimum absolute atomic E-state index is 0.167. The van der Waals surface area contributed by atoms with Crippen LogP contribution in [0.25, 0.3) is 0 Å². The third kappa shape index (κ3) is 1.48. The van der Waals surface area contributed by atoms with E-state index in [0.717, 1.165) is 12.8 Å². The summed E-state index contributed by atoms with van der Waals surface area (Å²) in [7, 11) is 0. The highest BCUT2D eigenvalue weighted by molar-refractivity contribution is 5.17. The molecule has 1 N–H and O–H groups in total. The molecule has 0 aliphatic heterocycles. The molecule has 1 heteroatoms. The molecule has 2 aliphatic carbocycles. The Hall–Kier alpha value is -0.300. The minimum Gasteiger partial charge on any atom is -0.389 e. The molecule has 0 amide bonds. The number of allylic oxidation sites excluding steroid dienone is 2. The molecule has 0 radical (unpaired) electrons. The molecule has 1 nitrogen and oxygen atoms in total. The summed E-state index contributed by atoms with van der Waals surface area (Å²) in [5.74, 6) is 1.05. The summed E-state index contributed by atoms with van der Waals surface area (Å²) < 4.78 is 0. The zero-order valence-electron chi connectivity index (χ0n) is 11.2. The lowest BCUT2D eigenvalue weighted by atomic mass is 9.59. The summed E-state index contributed by atoms with van der Waals surface area (Å²) in [6.45, 7) is 8.94. The van der Waals surface area contributed by atoms with Crippen molar-refractivity contribution in [3.05, 3.63) is 11.6 Å². The van der Waals surface area contributed by atoms with E-state index in [1.165, 1.54) is 24.8 Å². The highest BCUT2D eigenvalue weighted by Crippen LogP contribution is 2.60. The second-order valence-corrected chi connectivity index (χ2v) is 6.43. The molecule has 2 aliphatic rings. The zero-order chi connectivity index (χ0) is 12.0. The van der Waals surface area contributed by atoms with Crippen molar-refractivity contribution in [2.45, 2.75) is 65.4 Å². The summed E-state index contributed by atoms with van der Waals surface area (Å²) >= 11 is 0. The molecular formula is C15H26O. The largest absolute Gasteiger partial charge is 0.389 e. The van der Waals surface area contributed by atoms with Crippen LogP contribution in [0.15, 0.2) is 11.6 Å². The van der Waals surface area contributed by atoms with Gasteiger partial charge in [-0.25, -0.2) is 0 Å². The normalized spacial score (nSPS) is 44.1. The Balaban J connectivity index is 2.36. The molecule has 1 saturated carbocycles. The Bertz CT molecular complexity index is 305. The van der Waals surface area contributed by atoms with Gasteiger partial charge < -0.3 is 5.11 Å². The molecule has 0 heterocycles. The van der Waals surface area contributed by atoms with Crippen molar-refractivity contribution in [1.29, 1.82) is 0 Å². The van der Waals surface area contributed by atoms with Gasteiger partial charge in [0.05, 0.1) is 5.60 Å². The molecule has 0 aromatic rings. The molecule has 16 heavy (non-hydrogen) atoms. The quantitative estimate of drug-likeness (QED) is 0.667. The number of hydrogen-bond acceptors (Lipinski definition) is 1. The fraction of sp³-hybridized carbons (Fsp3) is 0.867. The van der Waals surface area contributed by atoms with Gasteiger partial charge in [-0.05, 0) is 50.9 Å². The maximum absolute atomic E-state index is 11.1. The first-order valence-corrected chi connectivity index (χ1v) is 6.80. The van der Waals surface area contributed by atoms with Crippen molar-refractivity contribution < 1.29 is 5.11 Å². The fourth-order valence-corrected chi connectivity index (χ4v) is 4.07. The van der Waals surface area contributed by atoms with Crippen LogP contribution >= 0.6 is 0 Å². The van der Waals surface area contributed by atoms with Crippen molar-refractivity contribution >= 4 is 0 Å². The van der Waals surface area contributed by atoms with E-state index < -0.39 is 5.60 Å². The van der Waals surface area contributed by atoms with Crippen LogP contribution < -0.4 is 0 Å². The van der Waals surface area contributed by atoms with Crippen molar-refractivity contribution in [1.82, 2.24) is 0 Å². The molecular weight excluding hydrogens is 196 g/mol. The van der Waals surface area contributed by atoms with E-state index in [1.807, 2.05) is 0 Å². The predicted molar refractivity (Wildman–Crippen MR) is 68.2 cm³/mol. The molecule has 0 aromatic heterocycles. The maximum atomic E-state index is 11.1. The number of hydrogen-bond donors (Lipinski definition) is 1. The van der Waals surface area contributed by atoms with Crippen molar-refractivity contribution in [3.8, 4) is 0 Å². The van der Waals surface area contributed by atoms with Crippen LogP contribution in [0, 0.1) is 17.3 Å².